The number of pyridine rings is 1. The van der Waals surface area contributed by atoms with E-state index >= 15 is 0 Å². The molecule has 0 aliphatic rings. The van der Waals surface area contributed by atoms with Crippen LogP contribution in [0.5, 0.6) is 0 Å². The van der Waals surface area contributed by atoms with Crippen LogP contribution in [-0.2, 0) is 0 Å². The van der Waals surface area contributed by atoms with Crippen molar-refractivity contribution in [1.29, 1.82) is 0 Å². The highest BCUT2D eigenvalue weighted by molar-refractivity contribution is 5.88. The van der Waals surface area contributed by atoms with Crippen LogP contribution in [0.15, 0.2) is 24.4 Å². The van der Waals surface area contributed by atoms with E-state index in [1.54, 1.807) is 31.3 Å². The topological polar surface area (TPSA) is 74.2 Å². The highest BCUT2D eigenvalue weighted by atomic mass is 16.3. The molecule has 0 bridgehead atoms. The largest absolute Gasteiger partial charge is 0.394 e. The maximum atomic E-state index is 11.6. The first kappa shape index (κ1) is 12.4. The molecule has 88 valence electrons. The zero-order valence-corrected chi connectivity index (χ0v) is 9.53. The number of urea groups is 1. The molecule has 1 aromatic rings. The van der Waals surface area contributed by atoms with Crippen LogP contribution in [0, 0.1) is 0 Å². The molecule has 1 aromatic heterocycles. The van der Waals surface area contributed by atoms with Crippen LogP contribution in [0.2, 0.25) is 0 Å². The van der Waals surface area contributed by atoms with Gasteiger partial charge in [-0.05, 0) is 25.5 Å². The van der Waals surface area contributed by atoms with Crippen molar-refractivity contribution < 1.29 is 9.90 Å². The maximum Gasteiger partial charge on any atom is 0.320 e. The summed E-state index contributed by atoms with van der Waals surface area (Å²) in [7, 11) is 0. The summed E-state index contributed by atoms with van der Waals surface area (Å²) in [6.07, 6.45) is 2.25. The van der Waals surface area contributed by atoms with E-state index in [9.17, 15) is 4.79 Å². The Hall–Kier alpha value is -1.62. The summed E-state index contributed by atoms with van der Waals surface area (Å²) in [6, 6.07) is 4.89. The quantitative estimate of drug-likeness (QED) is 0.721. The third kappa shape index (κ3) is 3.51. The van der Waals surface area contributed by atoms with E-state index in [1.165, 1.54) is 0 Å². The van der Waals surface area contributed by atoms with Crippen molar-refractivity contribution in [3.8, 4) is 0 Å². The summed E-state index contributed by atoms with van der Waals surface area (Å²) in [5, 5.41) is 14.4. The summed E-state index contributed by atoms with van der Waals surface area (Å²) in [5.41, 5.74) is -0.598. The molecule has 0 unspecified atom stereocenters. The van der Waals surface area contributed by atoms with Gasteiger partial charge in [-0.15, -0.1) is 0 Å². The molecule has 0 radical (unpaired) electrons. The molecule has 0 saturated carbocycles. The minimum atomic E-state index is -0.598. The average Bonchev–Trinajstić information content (AvgIpc) is 2.30. The summed E-state index contributed by atoms with van der Waals surface area (Å²) >= 11 is 0. The van der Waals surface area contributed by atoms with Crippen LogP contribution >= 0.6 is 0 Å². The second kappa shape index (κ2) is 5.46. The van der Waals surface area contributed by atoms with Crippen LogP contribution in [0.25, 0.3) is 0 Å². The molecule has 0 aliphatic carbocycles. The standard InChI is InChI=1S/C11H17N3O2/c1-3-11(2,8-15)14-10(16)13-9-6-4-5-7-12-9/h4-7,15H,3,8H2,1-2H3,(H2,12,13,14,16)/t11-/m0/s1. The number of hydrogen-bond donors (Lipinski definition) is 3. The molecular formula is C11H17N3O2. The first-order valence-corrected chi connectivity index (χ1v) is 5.21. The monoisotopic (exact) mass is 223 g/mol. The van der Waals surface area contributed by atoms with E-state index < -0.39 is 5.54 Å². The Morgan fingerprint density at radius 1 is 1.56 bits per heavy atom. The number of carbonyl (C=O) groups is 1. The Morgan fingerprint density at radius 2 is 2.31 bits per heavy atom. The van der Waals surface area contributed by atoms with Gasteiger partial charge in [0.05, 0.1) is 12.1 Å². The van der Waals surface area contributed by atoms with Crippen LogP contribution in [0.4, 0.5) is 10.6 Å². The van der Waals surface area contributed by atoms with Crippen molar-refractivity contribution in [3.63, 3.8) is 0 Å². The van der Waals surface area contributed by atoms with Gasteiger partial charge in [0.1, 0.15) is 5.82 Å². The molecule has 0 saturated heterocycles. The van der Waals surface area contributed by atoms with Crippen LogP contribution < -0.4 is 10.6 Å². The highest BCUT2D eigenvalue weighted by Crippen LogP contribution is 2.08. The van der Waals surface area contributed by atoms with E-state index in [1.807, 2.05) is 6.92 Å². The van der Waals surface area contributed by atoms with E-state index in [4.69, 9.17) is 5.11 Å². The van der Waals surface area contributed by atoms with Gasteiger partial charge in [-0.3, -0.25) is 5.32 Å². The van der Waals surface area contributed by atoms with Crippen LogP contribution in [0.3, 0.4) is 0 Å². The Balaban J connectivity index is 2.54. The number of anilines is 1. The molecular weight excluding hydrogens is 206 g/mol. The average molecular weight is 223 g/mol. The molecule has 0 aromatic carbocycles. The molecule has 0 aliphatic heterocycles. The van der Waals surface area contributed by atoms with Gasteiger partial charge in [0.2, 0.25) is 0 Å². The lowest BCUT2D eigenvalue weighted by molar-refractivity contribution is 0.172. The summed E-state index contributed by atoms with van der Waals surface area (Å²) in [6.45, 7) is 3.58. The maximum absolute atomic E-state index is 11.6. The second-order valence-electron chi connectivity index (χ2n) is 3.87. The fourth-order valence-electron chi connectivity index (χ4n) is 1.10. The van der Waals surface area contributed by atoms with Gasteiger partial charge in [0, 0.05) is 6.20 Å². The van der Waals surface area contributed by atoms with Crippen molar-refractivity contribution in [2.75, 3.05) is 11.9 Å². The minimum absolute atomic E-state index is 0.0981. The number of nitrogens with zero attached hydrogens (tertiary/aromatic N) is 1. The minimum Gasteiger partial charge on any atom is -0.394 e. The van der Waals surface area contributed by atoms with E-state index in [0.29, 0.717) is 12.2 Å². The fraction of sp³-hybridized carbons (Fsp3) is 0.455. The highest BCUT2D eigenvalue weighted by Gasteiger charge is 2.23. The molecule has 0 spiro atoms. The first-order valence-electron chi connectivity index (χ1n) is 5.21. The number of aromatic nitrogens is 1. The van der Waals surface area contributed by atoms with Crippen LogP contribution in [-0.4, -0.2) is 28.3 Å². The number of nitrogens with one attached hydrogen (secondary N) is 2. The second-order valence-corrected chi connectivity index (χ2v) is 3.87. The summed E-state index contributed by atoms with van der Waals surface area (Å²) in [5.74, 6) is 0.483. The number of carbonyl (C=O) groups excluding carboxylic acids is 1. The molecule has 0 fully saturated rings. The molecule has 16 heavy (non-hydrogen) atoms. The van der Waals surface area contributed by atoms with Gasteiger partial charge in [0.25, 0.3) is 0 Å². The molecule has 1 atom stereocenters. The lowest BCUT2D eigenvalue weighted by Gasteiger charge is -2.27. The number of aliphatic hydroxyl groups excluding tert-OH is 1. The third-order valence-corrected chi connectivity index (χ3v) is 2.45. The number of amides is 2. The predicted octanol–water partition coefficient (Wildman–Crippen LogP) is 1.36. The first-order chi connectivity index (χ1) is 7.59. The fourth-order valence-corrected chi connectivity index (χ4v) is 1.10. The van der Waals surface area contributed by atoms with Gasteiger partial charge in [0.15, 0.2) is 0 Å². The molecule has 1 rings (SSSR count). The van der Waals surface area contributed by atoms with Gasteiger partial charge in [-0.2, -0.15) is 0 Å². The summed E-state index contributed by atoms with van der Waals surface area (Å²) in [4.78, 5) is 15.5. The lowest BCUT2D eigenvalue weighted by Crippen LogP contribution is -2.50. The van der Waals surface area contributed by atoms with Crippen molar-refractivity contribution in [1.82, 2.24) is 10.3 Å². The SMILES string of the molecule is CC[C@@](C)(CO)NC(=O)Nc1ccccn1. The summed E-state index contributed by atoms with van der Waals surface area (Å²) < 4.78 is 0. The van der Waals surface area contributed by atoms with E-state index in [2.05, 4.69) is 15.6 Å². The smallest absolute Gasteiger partial charge is 0.320 e. The predicted molar refractivity (Wildman–Crippen MR) is 62.2 cm³/mol. The van der Waals surface area contributed by atoms with Gasteiger partial charge in [-0.1, -0.05) is 13.0 Å². The van der Waals surface area contributed by atoms with Gasteiger partial charge in [-0.25, -0.2) is 9.78 Å². The van der Waals surface area contributed by atoms with Crippen molar-refractivity contribution in [2.45, 2.75) is 25.8 Å². The molecule has 5 heteroatoms. The van der Waals surface area contributed by atoms with Crippen LogP contribution in [0.1, 0.15) is 20.3 Å². The third-order valence-electron chi connectivity index (χ3n) is 2.45. The normalized spacial score (nSPS) is 13.9. The number of hydrogen-bond acceptors (Lipinski definition) is 3. The zero-order valence-electron chi connectivity index (χ0n) is 9.53. The Kier molecular flexibility index (Phi) is 4.25. The van der Waals surface area contributed by atoms with Gasteiger partial charge >= 0.3 is 6.03 Å². The van der Waals surface area contributed by atoms with Crippen molar-refractivity contribution in [2.24, 2.45) is 0 Å². The molecule has 5 nitrogen and oxygen atoms in total. The van der Waals surface area contributed by atoms with E-state index in [-0.39, 0.29) is 12.6 Å². The number of aliphatic hydroxyl groups is 1. The van der Waals surface area contributed by atoms with Crippen molar-refractivity contribution in [3.05, 3.63) is 24.4 Å². The zero-order chi connectivity index (χ0) is 12.0. The number of rotatable bonds is 4. The Labute approximate surface area is 94.9 Å². The van der Waals surface area contributed by atoms with E-state index in [0.717, 1.165) is 0 Å². The van der Waals surface area contributed by atoms with Gasteiger partial charge < -0.3 is 10.4 Å². The molecule has 2 amide bonds. The molecule has 1 heterocycles. The Morgan fingerprint density at radius 3 is 2.81 bits per heavy atom. The Bertz CT molecular complexity index is 336. The molecule has 3 N–H and O–H groups in total. The lowest BCUT2D eigenvalue weighted by atomic mass is 10.0. The van der Waals surface area contributed by atoms with Crippen molar-refractivity contribution >= 4 is 11.8 Å².